The molecule has 0 aliphatic carbocycles. The van der Waals surface area contributed by atoms with Gasteiger partial charge in [0.2, 0.25) is 11.8 Å². The molecule has 3 amide bonds. The summed E-state index contributed by atoms with van der Waals surface area (Å²) in [5.41, 5.74) is 1.72. The summed E-state index contributed by atoms with van der Waals surface area (Å²) in [6.07, 6.45) is 1.99. The fourth-order valence-corrected chi connectivity index (χ4v) is 4.19. The summed E-state index contributed by atoms with van der Waals surface area (Å²) in [7, 11) is 0. The van der Waals surface area contributed by atoms with Crippen molar-refractivity contribution in [1.29, 1.82) is 0 Å². The van der Waals surface area contributed by atoms with Gasteiger partial charge in [-0.2, -0.15) is 0 Å². The Morgan fingerprint density at radius 3 is 2.34 bits per heavy atom. The van der Waals surface area contributed by atoms with Gasteiger partial charge in [-0.15, -0.1) is 0 Å². The number of aliphatic hydroxyl groups is 1. The fourth-order valence-electron chi connectivity index (χ4n) is 4.19. The minimum absolute atomic E-state index is 0.0866. The lowest BCUT2D eigenvalue weighted by molar-refractivity contribution is -0.141. The Morgan fingerprint density at radius 2 is 1.69 bits per heavy atom. The van der Waals surface area contributed by atoms with Crippen molar-refractivity contribution in [2.75, 3.05) is 6.54 Å². The van der Waals surface area contributed by atoms with Crippen LogP contribution in [0.1, 0.15) is 50.2 Å². The van der Waals surface area contributed by atoms with Crippen LogP contribution in [0.2, 0.25) is 0 Å². The fraction of sp³-hybridized carbons (Fsp3) is 0.444. The van der Waals surface area contributed by atoms with Crippen molar-refractivity contribution < 1.29 is 24.2 Å². The van der Waals surface area contributed by atoms with Crippen LogP contribution >= 0.6 is 0 Å². The second-order valence-corrected chi connectivity index (χ2v) is 8.80. The van der Waals surface area contributed by atoms with Gasteiger partial charge in [0.15, 0.2) is 0 Å². The molecule has 1 heterocycles. The van der Waals surface area contributed by atoms with E-state index >= 15 is 0 Å². The molecule has 0 radical (unpaired) electrons. The maximum Gasteiger partial charge on any atom is 0.408 e. The van der Waals surface area contributed by atoms with Gasteiger partial charge in [-0.1, -0.05) is 74.0 Å². The number of aliphatic hydroxyl groups excluding tert-OH is 1. The third kappa shape index (κ3) is 8.10. The molecule has 35 heavy (non-hydrogen) atoms. The first kappa shape index (κ1) is 26.2. The first-order chi connectivity index (χ1) is 17.0. The van der Waals surface area contributed by atoms with Crippen molar-refractivity contribution in [3.63, 3.8) is 0 Å². The second-order valence-electron chi connectivity index (χ2n) is 8.80. The summed E-state index contributed by atoms with van der Waals surface area (Å²) in [5, 5.41) is 15.4. The van der Waals surface area contributed by atoms with Crippen LogP contribution in [0, 0.1) is 0 Å². The first-order valence-electron chi connectivity index (χ1n) is 12.3. The largest absolute Gasteiger partial charge is 0.445 e. The molecular weight excluding hydrogens is 446 g/mol. The highest BCUT2D eigenvalue weighted by Gasteiger charge is 2.38. The molecule has 3 rings (SSSR count). The number of ether oxygens (including phenoxy) is 1. The van der Waals surface area contributed by atoms with E-state index in [9.17, 15) is 19.5 Å². The summed E-state index contributed by atoms with van der Waals surface area (Å²) >= 11 is 0. The zero-order valence-electron chi connectivity index (χ0n) is 20.2. The molecule has 1 saturated heterocycles. The number of hydrogen-bond donors (Lipinski definition) is 3. The lowest BCUT2D eigenvalue weighted by atomic mass is 10.0. The SMILES string of the molecule is CCCC[C@@H](O)NC(=O)[C@@H]1CCCN1C(=O)[C@@H](Cc1ccccc1)NC(=O)OCc1ccccc1. The van der Waals surface area contributed by atoms with Gasteiger partial charge in [-0.05, 0) is 36.8 Å². The summed E-state index contributed by atoms with van der Waals surface area (Å²) in [6, 6.07) is 17.1. The highest BCUT2D eigenvalue weighted by molar-refractivity contribution is 5.92. The minimum Gasteiger partial charge on any atom is -0.445 e. The Bertz CT molecular complexity index is 954. The number of nitrogens with zero attached hydrogens (tertiary/aromatic N) is 1. The molecule has 3 N–H and O–H groups in total. The van der Waals surface area contributed by atoms with Gasteiger partial charge in [0.1, 0.15) is 24.9 Å². The number of carbonyl (C=O) groups excluding carboxylic acids is 3. The van der Waals surface area contributed by atoms with E-state index < -0.39 is 24.4 Å². The molecular formula is C27H35N3O5. The standard InChI is InChI=1S/C27H35N3O5/c1-2-3-16-24(31)29-25(32)23-15-10-17-30(23)26(33)22(18-20-11-6-4-7-12-20)28-27(34)35-19-21-13-8-5-9-14-21/h4-9,11-14,22-24,31H,2-3,10,15-19H2,1H3,(H,28,34)(H,29,32)/t22-,23+,24-/m1/s1. The minimum atomic E-state index is -0.939. The molecule has 8 nitrogen and oxygen atoms in total. The van der Waals surface area contributed by atoms with Crippen LogP contribution in [0.25, 0.3) is 0 Å². The van der Waals surface area contributed by atoms with E-state index in [1.54, 1.807) is 0 Å². The van der Waals surface area contributed by atoms with Crippen molar-refractivity contribution in [2.45, 2.75) is 70.4 Å². The van der Waals surface area contributed by atoms with E-state index in [-0.39, 0.29) is 24.8 Å². The number of nitrogens with one attached hydrogen (secondary N) is 2. The zero-order chi connectivity index (χ0) is 25.0. The van der Waals surface area contributed by atoms with Gasteiger partial charge in [0.05, 0.1) is 0 Å². The summed E-state index contributed by atoms with van der Waals surface area (Å²) in [6.45, 7) is 2.51. The Labute approximate surface area is 206 Å². The molecule has 3 atom stereocenters. The molecule has 2 aromatic rings. The van der Waals surface area contributed by atoms with Gasteiger partial charge in [-0.3, -0.25) is 9.59 Å². The van der Waals surface area contributed by atoms with Crippen molar-refractivity contribution in [1.82, 2.24) is 15.5 Å². The van der Waals surface area contributed by atoms with Crippen LogP contribution in [0.5, 0.6) is 0 Å². The Balaban J connectivity index is 1.67. The average molecular weight is 482 g/mol. The van der Waals surface area contributed by atoms with Gasteiger partial charge in [-0.25, -0.2) is 4.79 Å². The summed E-state index contributed by atoms with van der Waals surface area (Å²) in [5.74, 6) is -0.712. The summed E-state index contributed by atoms with van der Waals surface area (Å²) < 4.78 is 5.34. The van der Waals surface area contributed by atoms with Crippen molar-refractivity contribution >= 4 is 17.9 Å². The number of carbonyl (C=O) groups is 3. The van der Waals surface area contributed by atoms with Gasteiger partial charge >= 0.3 is 6.09 Å². The zero-order valence-corrected chi connectivity index (χ0v) is 20.2. The number of unbranched alkanes of at least 4 members (excludes halogenated alkanes) is 1. The maximum absolute atomic E-state index is 13.5. The predicted molar refractivity (Wildman–Crippen MR) is 132 cm³/mol. The normalized spacial score (nSPS) is 16.9. The summed E-state index contributed by atoms with van der Waals surface area (Å²) in [4.78, 5) is 40.5. The predicted octanol–water partition coefficient (Wildman–Crippen LogP) is 3.14. The second kappa shape index (κ2) is 13.5. The molecule has 0 bridgehead atoms. The van der Waals surface area contributed by atoms with Gasteiger partial charge in [0, 0.05) is 13.0 Å². The number of hydrogen-bond acceptors (Lipinski definition) is 5. The molecule has 0 aromatic heterocycles. The van der Waals surface area contributed by atoms with Crippen LogP contribution in [0.3, 0.4) is 0 Å². The molecule has 1 aliphatic rings. The van der Waals surface area contributed by atoms with E-state index in [1.165, 1.54) is 4.90 Å². The van der Waals surface area contributed by atoms with Crippen LogP contribution in [0.15, 0.2) is 60.7 Å². The molecule has 1 fully saturated rings. The van der Waals surface area contributed by atoms with E-state index in [2.05, 4.69) is 10.6 Å². The Kier molecular flexibility index (Phi) is 10.1. The monoisotopic (exact) mass is 481 g/mol. The molecule has 188 valence electrons. The van der Waals surface area contributed by atoms with Crippen LogP contribution < -0.4 is 10.6 Å². The highest BCUT2D eigenvalue weighted by Crippen LogP contribution is 2.20. The number of amides is 3. The smallest absolute Gasteiger partial charge is 0.408 e. The third-order valence-corrected chi connectivity index (χ3v) is 6.06. The Morgan fingerprint density at radius 1 is 1.03 bits per heavy atom. The molecule has 0 unspecified atom stereocenters. The number of likely N-dealkylation sites (tertiary alicyclic amines) is 1. The average Bonchev–Trinajstić information content (AvgIpc) is 3.37. The number of rotatable bonds is 11. The molecule has 0 spiro atoms. The topological polar surface area (TPSA) is 108 Å². The van der Waals surface area contributed by atoms with Crippen molar-refractivity contribution in [2.24, 2.45) is 0 Å². The maximum atomic E-state index is 13.5. The van der Waals surface area contributed by atoms with Gasteiger partial charge in [0.25, 0.3) is 0 Å². The van der Waals surface area contributed by atoms with E-state index in [0.717, 1.165) is 24.0 Å². The van der Waals surface area contributed by atoms with Crippen LogP contribution in [0.4, 0.5) is 4.79 Å². The van der Waals surface area contributed by atoms with Crippen LogP contribution in [-0.2, 0) is 27.4 Å². The highest BCUT2D eigenvalue weighted by atomic mass is 16.5. The number of alkyl carbamates (subject to hydrolysis) is 1. The first-order valence-corrected chi connectivity index (χ1v) is 12.3. The quantitative estimate of drug-likeness (QED) is 0.428. The van der Waals surface area contributed by atoms with E-state index in [4.69, 9.17) is 4.74 Å². The lowest BCUT2D eigenvalue weighted by Gasteiger charge is -2.29. The molecule has 0 saturated carbocycles. The van der Waals surface area contributed by atoms with Crippen molar-refractivity contribution in [3.05, 3.63) is 71.8 Å². The number of benzene rings is 2. The lowest BCUT2D eigenvalue weighted by Crippen LogP contribution is -2.55. The Hall–Kier alpha value is -3.39. The molecule has 8 heteroatoms. The molecule has 2 aromatic carbocycles. The van der Waals surface area contributed by atoms with E-state index in [0.29, 0.717) is 25.8 Å². The van der Waals surface area contributed by atoms with E-state index in [1.807, 2.05) is 67.6 Å². The third-order valence-electron chi connectivity index (χ3n) is 6.06. The van der Waals surface area contributed by atoms with Gasteiger partial charge < -0.3 is 25.4 Å². The molecule has 1 aliphatic heterocycles. The van der Waals surface area contributed by atoms with Crippen molar-refractivity contribution in [3.8, 4) is 0 Å². The van der Waals surface area contributed by atoms with Crippen LogP contribution in [-0.4, -0.2) is 52.8 Å².